The van der Waals surface area contributed by atoms with Gasteiger partial charge >= 0.3 is 23.9 Å². The Morgan fingerprint density at radius 3 is 1.92 bits per heavy atom. The van der Waals surface area contributed by atoms with Gasteiger partial charge in [0.2, 0.25) is 0 Å². The SMILES string of the molecule is [2H]CC(=O)OC[C@@H](OC(=O)C[2H])[C@@H](OC(=O)C[2H])[C@H](OC(=O)C[2H])[C@@H](N)C=O. The highest BCUT2D eigenvalue weighted by Crippen LogP contribution is 2.16. The molecule has 0 bridgehead atoms. The molecule has 0 fully saturated rings. The molecule has 0 amide bonds. The molecular weight excluding hydrogens is 326 g/mol. The van der Waals surface area contributed by atoms with E-state index in [0.717, 1.165) is 0 Å². The van der Waals surface area contributed by atoms with E-state index in [0.29, 0.717) is 0 Å². The van der Waals surface area contributed by atoms with E-state index in [4.69, 9.17) is 25.4 Å². The average Bonchev–Trinajstić information content (AvgIpc) is 2.71. The monoisotopic (exact) mass is 351 g/mol. The molecule has 10 nitrogen and oxygen atoms in total. The van der Waals surface area contributed by atoms with Gasteiger partial charge in [-0.2, -0.15) is 0 Å². The van der Waals surface area contributed by atoms with Gasteiger partial charge in [-0.3, -0.25) is 19.2 Å². The van der Waals surface area contributed by atoms with Crippen LogP contribution in [0.25, 0.3) is 0 Å². The third-order valence-corrected chi connectivity index (χ3v) is 2.45. The molecule has 0 heterocycles. The van der Waals surface area contributed by atoms with E-state index >= 15 is 0 Å². The first-order valence-corrected chi connectivity index (χ1v) is 6.35. The zero-order valence-corrected chi connectivity index (χ0v) is 12.7. The van der Waals surface area contributed by atoms with Crippen LogP contribution in [-0.2, 0) is 42.9 Å². The molecule has 136 valence electrons. The molecule has 0 unspecified atom stereocenters. The molecule has 0 aromatic carbocycles. The van der Waals surface area contributed by atoms with Crippen LogP contribution >= 0.6 is 0 Å². The maximum Gasteiger partial charge on any atom is 0.303 e. The highest BCUT2D eigenvalue weighted by Gasteiger charge is 2.41. The van der Waals surface area contributed by atoms with Gasteiger partial charge in [0.25, 0.3) is 0 Å². The molecule has 0 saturated carbocycles. The molecule has 2 N–H and O–H groups in total. The van der Waals surface area contributed by atoms with Gasteiger partial charge in [0.1, 0.15) is 18.9 Å². The van der Waals surface area contributed by atoms with Crippen LogP contribution in [0.2, 0.25) is 0 Å². The van der Waals surface area contributed by atoms with Crippen LogP contribution in [0.4, 0.5) is 0 Å². The zero-order chi connectivity index (χ0) is 21.7. The Hall–Kier alpha value is -2.49. The predicted octanol–water partition coefficient (Wildman–Crippen LogP) is -1.13. The molecule has 0 saturated heterocycles. The molecule has 0 spiro atoms. The highest BCUT2D eigenvalue weighted by molar-refractivity contribution is 5.69. The summed E-state index contributed by atoms with van der Waals surface area (Å²) in [7, 11) is 0. The Labute approximate surface area is 144 Å². The van der Waals surface area contributed by atoms with Crippen molar-refractivity contribution in [1.82, 2.24) is 0 Å². The van der Waals surface area contributed by atoms with Crippen molar-refractivity contribution in [3.63, 3.8) is 0 Å². The van der Waals surface area contributed by atoms with Crippen LogP contribution in [0, 0.1) is 0 Å². The number of ether oxygens (including phenoxy) is 4. The van der Waals surface area contributed by atoms with Gasteiger partial charge < -0.3 is 29.5 Å². The number of aldehydes is 1. The Balaban J connectivity index is 5.91. The first-order chi connectivity index (χ1) is 13.2. The Morgan fingerprint density at radius 1 is 0.917 bits per heavy atom. The standard InChI is InChI=1S/C14H21NO9/c1-7(17)21-6-12(22-8(2)18)14(24-10(4)20)13(11(15)5-16)23-9(3)19/h5,11-14H,6,15H2,1-4H3/t11-,12+,13+,14+/m0/s1/i1D,2D,3D,4D. The Kier molecular flexibility index (Phi) is 6.47. The van der Waals surface area contributed by atoms with Crippen LogP contribution in [0.15, 0.2) is 0 Å². The molecule has 0 aliphatic rings. The summed E-state index contributed by atoms with van der Waals surface area (Å²) in [4.78, 5) is 57.0. The summed E-state index contributed by atoms with van der Waals surface area (Å²) < 4.78 is 47.3. The van der Waals surface area contributed by atoms with E-state index in [1.807, 2.05) is 0 Å². The number of rotatable bonds is 9. The molecule has 0 aromatic rings. The normalized spacial score (nSPS) is 17.4. The molecule has 0 aliphatic carbocycles. The van der Waals surface area contributed by atoms with E-state index in [1.54, 1.807) is 0 Å². The first-order valence-electron chi connectivity index (χ1n) is 9.18. The van der Waals surface area contributed by atoms with E-state index in [-0.39, 0.29) is 6.29 Å². The molecule has 0 radical (unpaired) electrons. The van der Waals surface area contributed by atoms with Crippen LogP contribution in [-0.4, -0.2) is 61.1 Å². The smallest absolute Gasteiger partial charge is 0.303 e. The summed E-state index contributed by atoms with van der Waals surface area (Å²) in [6.07, 6.45) is -5.06. The highest BCUT2D eigenvalue weighted by atomic mass is 16.6. The minimum atomic E-state index is -1.79. The summed E-state index contributed by atoms with van der Waals surface area (Å²) >= 11 is 0. The van der Waals surface area contributed by atoms with Gasteiger partial charge in [0.05, 0.1) is 0 Å². The van der Waals surface area contributed by atoms with E-state index in [2.05, 4.69) is 4.74 Å². The Bertz CT molecular complexity index is 563. The lowest BCUT2D eigenvalue weighted by molar-refractivity contribution is -0.190. The van der Waals surface area contributed by atoms with Gasteiger partial charge in [0, 0.05) is 33.1 Å². The van der Waals surface area contributed by atoms with Gasteiger partial charge in [0.15, 0.2) is 18.3 Å². The fourth-order valence-corrected chi connectivity index (χ4v) is 1.64. The van der Waals surface area contributed by atoms with Gasteiger partial charge in [-0.25, -0.2) is 0 Å². The molecule has 24 heavy (non-hydrogen) atoms. The average molecular weight is 351 g/mol. The topological polar surface area (TPSA) is 148 Å². The second-order valence-corrected chi connectivity index (χ2v) is 4.33. The molecule has 10 heteroatoms. The van der Waals surface area contributed by atoms with Crippen LogP contribution < -0.4 is 5.73 Å². The van der Waals surface area contributed by atoms with Crippen molar-refractivity contribution in [2.45, 2.75) is 52.0 Å². The third-order valence-electron chi connectivity index (χ3n) is 2.45. The fraction of sp³-hybridized carbons (Fsp3) is 0.643. The quantitative estimate of drug-likeness (QED) is 0.307. The minimum Gasteiger partial charge on any atom is -0.462 e. The van der Waals surface area contributed by atoms with Crippen molar-refractivity contribution in [1.29, 1.82) is 0 Å². The van der Waals surface area contributed by atoms with E-state index < -0.39 is 82.4 Å². The Morgan fingerprint density at radius 2 is 1.42 bits per heavy atom. The van der Waals surface area contributed by atoms with Crippen LogP contribution in [0.5, 0.6) is 0 Å². The van der Waals surface area contributed by atoms with Crippen molar-refractivity contribution in [3.05, 3.63) is 0 Å². The molecule has 0 aromatic heterocycles. The molecule has 4 atom stereocenters. The molecular formula is C14H21NO9. The maximum atomic E-state index is 11.6. The van der Waals surface area contributed by atoms with Crippen molar-refractivity contribution in [2.24, 2.45) is 5.73 Å². The zero-order valence-electron chi connectivity index (χ0n) is 16.7. The van der Waals surface area contributed by atoms with Gasteiger partial charge in [-0.1, -0.05) is 0 Å². The molecule has 0 rings (SSSR count). The second kappa shape index (κ2) is 10.3. The number of nitrogens with two attached hydrogens (primary N) is 1. The van der Waals surface area contributed by atoms with Gasteiger partial charge in [-0.15, -0.1) is 0 Å². The number of hydrogen-bond donors (Lipinski definition) is 1. The summed E-state index contributed by atoms with van der Waals surface area (Å²) in [6, 6.07) is -1.59. The first kappa shape index (κ1) is 15.1. The summed E-state index contributed by atoms with van der Waals surface area (Å²) in [5, 5.41) is 0. The second-order valence-electron chi connectivity index (χ2n) is 4.33. The predicted molar refractivity (Wildman–Crippen MR) is 77.3 cm³/mol. The summed E-state index contributed by atoms with van der Waals surface area (Å²) in [5.74, 6) is -4.49. The van der Waals surface area contributed by atoms with Crippen molar-refractivity contribution < 1.29 is 48.4 Å². The number of hydrogen-bond acceptors (Lipinski definition) is 10. The molecule has 0 aliphatic heterocycles. The maximum absolute atomic E-state index is 11.6. The summed E-state index contributed by atoms with van der Waals surface area (Å²) in [5.41, 5.74) is 5.56. The lowest BCUT2D eigenvalue weighted by Crippen LogP contribution is -2.55. The lowest BCUT2D eigenvalue weighted by atomic mass is 10.0. The van der Waals surface area contributed by atoms with E-state index in [9.17, 15) is 24.0 Å². The van der Waals surface area contributed by atoms with Crippen LogP contribution in [0.3, 0.4) is 0 Å². The van der Waals surface area contributed by atoms with Crippen LogP contribution in [0.1, 0.15) is 33.1 Å². The fourth-order valence-electron chi connectivity index (χ4n) is 1.64. The largest absolute Gasteiger partial charge is 0.462 e. The summed E-state index contributed by atoms with van der Waals surface area (Å²) in [6.45, 7) is -4.18. The van der Waals surface area contributed by atoms with Gasteiger partial charge in [-0.05, 0) is 0 Å². The van der Waals surface area contributed by atoms with Crippen molar-refractivity contribution in [3.8, 4) is 0 Å². The lowest BCUT2D eigenvalue weighted by Gasteiger charge is -2.32. The third kappa shape index (κ3) is 8.22. The minimum absolute atomic E-state index is 0.141. The number of carbonyl (C=O) groups is 5. The number of carbonyl (C=O) groups excluding carboxylic acids is 5. The van der Waals surface area contributed by atoms with Crippen molar-refractivity contribution >= 4 is 30.2 Å². The van der Waals surface area contributed by atoms with E-state index in [1.165, 1.54) is 0 Å². The van der Waals surface area contributed by atoms with Crippen molar-refractivity contribution in [2.75, 3.05) is 6.61 Å². The number of esters is 4.